The fourth-order valence-corrected chi connectivity index (χ4v) is 9.40. The Balaban J connectivity index is 1.32. The molecule has 4 aromatic rings. The summed E-state index contributed by atoms with van der Waals surface area (Å²) in [5.41, 5.74) is 3.13. The number of benzene rings is 4. The van der Waals surface area contributed by atoms with Gasteiger partial charge < -0.3 is 14.9 Å². The third kappa shape index (κ3) is 5.13. The topological polar surface area (TPSA) is 154 Å². The molecular weight excluding hydrogens is 721 g/mol. The minimum Gasteiger partial charge on any atom is -0.508 e. The molecule has 53 heavy (non-hydrogen) atoms. The summed E-state index contributed by atoms with van der Waals surface area (Å²) in [6.45, 7) is 0. The number of carbonyl (C=O) groups is 5. The summed E-state index contributed by atoms with van der Waals surface area (Å²) < 4.78 is 5.43. The number of carbonyl (C=O) groups excluding carboxylic acids is 4. The highest BCUT2D eigenvalue weighted by atomic mass is 35.5. The molecule has 4 aliphatic rings. The second kappa shape index (κ2) is 12.8. The third-order valence-corrected chi connectivity index (χ3v) is 11.7. The van der Waals surface area contributed by atoms with Gasteiger partial charge in [-0.25, -0.2) is 4.79 Å². The first-order chi connectivity index (χ1) is 25.5. The van der Waals surface area contributed by atoms with Crippen LogP contribution in [0.2, 0.25) is 10.0 Å². The summed E-state index contributed by atoms with van der Waals surface area (Å²) in [5.74, 6) is -7.43. The summed E-state index contributed by atoms with van der Waals surface area (Å²) >= 11 is 12.7. The van der Waals surface area contributed by atoms with E-state index in [2.05, 4.69) is 5.43 Å². The molecule has 11 nitrogen and oxygen atoms in total. The number of carboxylic acids is 1. The minimum atomic E-state index is -1.63. The van der Waals surface area contributed by atoms with Crippen LogP contribution in [0, 0.1) is 23.7 Å². The first-order valence-corrected chi connectivity index (χ1v) is 17.7. The van der Waals surface area contributed by atoms with E-state index in [0.29, 0.717) is 27.5 Å². The maximum Gasteiger partial charge on any atom is 0.335 e. The molecule has 8 rings (SSSR count). The quantitative estimate of drug-likeness (QED) is 0.140. The lowest BCUT2D eigenvalue weighted by Gasteiger charge is -2.50. The molecule has 2 heterocycles. The first kappa shape index (κ1) is 34.4. The summed E-state index contributed by atoms with van der Waals surface area (Å²) in [6, 6.07) is 23.7. The highest BCUT2D eigenvalue weighted by Gasteiger charge is 2.70. The van der Waals surface area contributed by atoms with Gasteiger partial charge in [-0.05, 0) is 78.9 Å². The molecular formula is C40H31Cl2N3O8. The molecule has 0 radical (unpaired) electrons. The van der Waals surface area contributed by atoms with Gasteiger partial charge in [0.05, 0.1) is 52.2 Å². The number of methoxy groups -OCH3 is 1. The highest BCUT2D eigenvalue weighted by Crippen LogP contribution is 2.65. The van der Waals surface area contributed by atoms with Crippen LogP contribution < -0.4 is 15.1 Å². The van der Waals surface area contributed by atoms with Gasteiger partial charge in [0.1, 0.15) is 11.5 Å². The summed E-state index contributed by atoms with van der Waals surface area (Å²) in [7, 11) is 1.52. The van der Waals surface area contributed by atoms with Crippen LogP contribution in [0.15, 0.2) is 103 Å². The monoisotopic (exact) mass is 751 g/mol. The largest absolute Gasteiger partial charge is 0.508 e. The van der Waals surface area contributed by atoms with Gasteiger partial charge in [-0.15, -0.1) is 0 Å². The van der Waals surface area contributed by atoms with Crippen molar-refractivity contribution >= 4 is 64.2 Å². The number of rotatable bonds is 7. The number of imide groups is 2. The Bertz CT molecular complexity index is 2280. The fraction of sp³-hybridized carbons (Fsp3) is 0.225. The van der Waals surface area contributed by atoms with Gasteiger partial charge in [0, 0.05) is 16.5 Å². The average Bonchev–Trinajstić information content (AvgIpc) is 3.53. The zero-order chi connectivity index (χ0) is 37.3. The Morgan fingerprint density at radius 1 is 0.887 bits per heavy atom. The van der Waals surface area contributed by atoms with Gasteiger partial charge in [-0.2, -0.15) is 5.01 Å². The predicted octanol–water partition coefficient (Wildman–Crippen LogP) is 6.60. The molecule has 6 unspecified atom stereocenters. The van der Waals surface area contributed by atoms with Crippen LogP contribution in [0.4, 0.5) is 11.4 Å². The molecule has 0 aromatic heterocycles. The molecule has 6 atom stereocenters. The van der Waals surface area contributed by atoms with Gasteiger partial charge in [0.15, 0.2) is 0 Å². The summed E-state index contributed by atoms with van der Waals surface area (Å²) in [4.78, 5) is 71.5. The molecule has 1 saturated carbocycles. The van der Waals surface area contributed by atoms with E-state index in [4.69, 9.17) is 27.9 Å². The first-order valence-electron chi connectivity index (χ1n) is 16.9. The van der Waals surface area contributed by atoms with Crippen molar-refractivity contribution in [1.82, 2.24) is 5.01 Å². The lowest BCUT2D eigenvalue weighted by molar-refractivity contribution is -0.138. The molecule has 13 heteroatoms. The van der Waals surface area contributed by atoms with Crippen molar-refractivity contribution in [3.63, 3.8) is 0 Å². The van der Waals surface area contributed by atoms with Crippen molar-refractivity contribution in [2.45, 2.75) is 24.2 Å². The zero-order valence-corrected chi connectivity index (χ0v) is 29.5. The van der Waals surface area contributed by atoms with E-state index in [-0.39, 0.29) is 40.6 Å². The number of carboxylic acid groups (broad SMARTS) is 1. The molecule has 268 valence electrons. The Morgan fingerprint density at radius 2 is 1.64 bits per heavy atom. The number of anilines is 2. The van der Waals surface area contributed by atoms with Crippen molar-refractivity contribution in [1.29, 1.82) is 0 Å². The number of halogens is 2. The van der Waals surface area contributed by atoms with Crippen LogP contribution in [0.1, 0.15) is 40.2 Å². The van der Waals surface area contributed by atoms with E-state index >= 15 is 4.79 Å². The van der Waals surface area contributed by atoms with E-state index < -0.39 is 64.6 Å². The lowest BCUT2D eigenvalue weighted by atomic mass is 9.49. The second-order valence-corrected chi connectivity index (χ2v) is 14.5. The van der Waals surface area contributed by atoms with Crippen LogP contribution >= 0.6 is 23.2 Å². The molecule has 2 saturated heterocycles. The van der Waals surface area contributed by atoms with Crippen LogP contribution in [0.3, 0.4) is 0 Å². The highest BCUT2D eigenvalue weighted by molar-refractivity contribution is 6.36. The van der Waals surface area contributed by atoms with Gasteiger partial charge in [-0.3, -0.25) is 29.5 Å². The predicted molar refractivity (Wildman–Crippen MR) is 195 cm³/mol. The smallest absolute Gasteiger partial charge is 0.335 e. The van der Waals surface area contributed by atoms with E-state index in [1.54, 1.807) is 54.6 Å². The number of nitrogens with one attached hydrogen (secondary N) is 1. The zero-order valence-electron chi connectivity index (χ0n) is 28.0. The maximum atomic E-state index is 15.3. The van der Waals surface area contributed by atoms with Crippen molar-refractivity contribution in [2.24, 2.45) is 23.7 Å². The molecule has 4 aromatic carbocycles. The van der Waals surface area contributed by atoms with Gasteiger partial charge in [0.2, 0.25) is 11.8 Å². The fourth-order valence-electron chi connectivity index (χ4n) is 8.95. The van der Waals surface area contributed by atoms with Crippen LogP contribution in [-0.2, 0) is 24.6 Å². The van der Waals surface area contributed by atoms with Crippen molar-refractivity contribution < 1.29 is 38.9 Å². The molecule has 4 amide bonds. The Hall–Kier alpha value is -5.65. The number of amides is 4. The molecule has 2 aliphatic carbocycles. The van der Waals surface area contributed by atoms with E-state index in [0.717, 1.165) is 9.91 Å². The normalized spacial score (nSPS) is 26.2. The maximum absolute atomic E-state index is 15.3. The van der Waals surface area contributed by atoms with E-state index in [1.165, 1.54) is 43.5 Å². The number of aromatic hydroxyl groups is 1. The number of fused-ring (bicyclic) bond motifs is 4. The summed E-state index contributed by atoms with van der Waals surface area (Å²) in [5, 5.41) is 22.6. The number of para-hydroxylation sites is 1. The third-order valence-electron chi connectivity index (χ3n) is 11.2. The van der Waals surface area contributed by atoms with Crippen LogP contribution in [0.25, 0.3) is 0 Å². The van der Waals surface area contributed by atoms with Crippen molar-refractivity contribution in [3.8, 4) is 11.5 Å². The van der Waals surface area contributed by atoms with Gasteiger partial charge >= 0.3 is 5.97 Å². The van der Waals surface area contributed by atoms with Crippen molar-refractivity contribution in [3.05, 3.63) is 129 Å². The number of nitrogens with zero attached hydrogens (tertiary/aromatic N) is 2. The average molecular weight is 753 g/mol. The number of aromatic carboxylic acids is 1. The number of phenolic OH excluding ortho intramolecular Hbond substituents is 1. The lowest BCUT2D eigenvalue weighted by Crippen LogP contribution is -2.53. The number of hydrogen-bond acceptors (Lipinski definition) is 8. The van der Waals surface area contributed by atoms with Gasteiger partial charge in [0.25, 0.3) is 11.8 Å². The Morgan fingerprint density at radius 3 is 2.34 bits per heavy atom. The van der Waals surface area contributed by atoms with Crippen LogP contribution in [-0.4, -0.2) is 51.9 Å². The molecule has 2 aliphatic heterocycles. The molecule has 3 fully saturated rings. The van der Waals surface area contributed by atoms with E-state index in [1.807, 2.05) is 6.08 Å². The summed E-state index contributed by atoms with van der Waals surface area (Å²) in [6.07, 6.45) is 2.03. The van der Waals surface area contributed by atoms with Gasteiger partial charge in [-0.1, -0.05) is 71.2 Å². The molecule has 0 spiro atoms. The molecule has 0 bridgehead atoms. The SMILES string of the molecule is COc1ccc(C23C(=O)N(Nc4ccc(Cl)cc4Cl)C(=O)C2CC2C(=CCC4C(=O)N(c5cccc(C(=O)O)c5)C(=O)C42)C3c2ccccc2O)cc1. The number of allylic oxidation sites excluding steroid dienone is 2. The standard InChI is InChI=1S/C40H31Cl2N3O8/c1-53-24-12-9-21(10-13-24)40-29(36(48)45(39(40)52)43-31-16-11-22(41)18-30(31)42)19-28-25(34(40)26-7-2-3-8-32(26)46)14-15-27-33(28)37(49)44(35(27)47)23-6-4-5-20(17-23)38(50)51/h2-14,16-18,27-29,33-34,43,46H,15,19H2,1H3,(H,50,51). The second-order valence-electron chi connectivity index (χ2n) is 13.6. The molecule has 3 N–H and O–H groups in total. The number of hydrazine groups is 1. The minimum absolute atomic E-state index is 0.0161. The van der Waals surface area contributed by atoms with E-state index in [9.17, 15) is 29.4 Å². The Labute approximate surface area is 313 Å². The number of hydrogen-bond donors (Lipinski definition) is 3. The number of phenols is 1. The van der Waals surface area contributed by atoms with Crippen molar-refractivity contribution in [2.75, 3.05) is 17.4 Å². The number of ether oxygens (including phenoxy) is 1. The van der Waals surface area contributed by atoms with Crippen LogP contribution in [0.5, 0.6) is 11.5 Å². The Kier molecular flexibility index (Phi) is 8.31.